The smallest absolute Gasteiger partial charge is 0.130 e. The molecule has 0 saturated carbocycles. The molecule has 0 bridgehead atoms. The highest BCUT2D eigenvalue weighted by molar-refractivity contribution is 5.21. The zero-order chi connectivity index (χ0) is 11.4. The van der Waals surface area contributed by atoms with Gasteiger partial charge >= 0.3 is 0 Å². The molecule has 15 heavy (non-hydrogen) atoms. The quantitative estimate of drug-likeness (QED) is 0.754. The Morgan fingerprint density at radius 3 is 2.53 bits per heavy atom. The van der Waals surface area contributed by atoms with Crippen LogP contribution in [-0.2, 0) is 0 Å². The number of hydrogen-bond donors (Lipinski definition) is 1. The number of hydrogen-bond acceptors (Lipinski definition) is 1. The fourth-order valence-electron chi connectivity index (χ4n) is 1.40. The molecule has 0 amide bonds. The van der Waals surface area contributed by atoms with E-state index in [1.54, 1.807) is 6.08 Å². The first kappa shape index (κ1) is 11.9. The summed E-state index contributed by atoms with van der Waals surface area (Å²) in [6, 6.07) is 3.53. The van der Waals surface area contributed by atoms with E-state index in [1.165, 1.54) is 12.1 Å². The first-order valence-corrected chi connectivity index (χ1v) is 4.88. The van der Waals surface area contributed by atoms with E-state index < -0.39 is 11.6 Å². The van der Waals surface area contributed by atoms with Crippen molar-refractivity contribution in [1.29, 1.82) is 0 Å². The average Bonchev–Trinajstić information content (AvgIpc) is 2.17. The van der Waals surface area contributed by atoms with Crippen LogP contribution in [-0.4, -0.2) is 6.04 Å². The Morgan fingerprint density at radius 1 is 1.33 bits per heavy atom. The third-order valence-corrected chi connectivity index (χ3v) is 2.30. The van der Waals surface area contributed by atoms with Gasteiger partial charge in [0.05, 0.1) is 0 Å². The first-order valence-electron chi connectivity index (χ1n) is 4.88. The maximum atomic E-state index is 13.3. The molecular weight excluding hydrogens is 196 g/mol. The molecule has 2 atom stereocenters. The lowest BCUT2D eigenvalue weighted by atomic mass is 10.1. The monoisotopic (exact) mass is 211 g/mol. The van der Waals surface area contributed by atoms with Gasteiger partial charge in [0.15, 0.2) is 0 Å². The summed E-state index contributed by atoms with van der Waals surface area (Å²) in [5, 5.41) is 3.13. The second-order valence-corrected chi connectivity index (χ2v) is 3.58. The van der Waals surface area contributed by atoms with Gasteiger partial charge < -0.3 is 5.32 Å². The summed E-state index contributed by atoms with van der Waals surface area (Å²) in [4.78, 5) is 0. The zero-order valence-corrected chi connectivity index (χ0v) is 8.93. The van der Waals surface area contributed by atoms with E-state index in [4.69, 9.17) is 0 Å². The van der Waals surface area contributed by atoms with Crippen molar-refractivity contribution in [3.05, 3.63) is 48.1 Å². The van der Waals surface area contributed by atoms with E-state index in [0.717, 1.165) is 6.07 Å². The van der Waals surface area contributed by atoms with Gasteiger partial charge in [-0.25, -0.2) is 8.78 Å². The highest BCUT2D eigenvalue weighted by Gasteiger charge is 2.12. The van der Waals surface area contributed by atoms with Crippen molar-refractivity contribution in [1.82, 2.24) is 5.32 Å². The Kier molecular flexibility index (Phi) is 3.97. The SMILES string of the molecule is C=CC(C)NC(C)c1ccc(F)cc1F. The molecule has 0 heterocycles. The summed E-state index contributed by atoms with van der Waals surface area (Å²) in [5.74, 6) is -1.08. The molecule has 1 nitrogen and oxygen atoms in total. The predicted molar refractivity (Wildman–Crippen MR) is 57.6 cm³/mol. The molecule has 0 radical (unpaired) electrons. The van der Waals surface area contributed by atoms with Gasteiger partial charge in [0.1, 0.15) is 11.6 Å². The number of halogens is 2. The van der Waals surface area contributed by atoms with Crippen LogP contribution in [0.1, 0.15) is 25.5 Å². The molecule has 0 aliphatic heterocycles. The lowest BCUT2D eigenvalue weighted by molar-refractivity contribution is 0.499. The lowest BCUT2D eigenvalue weighted by Crippen LogP contribution is -2.27. The second kappa shape index (κ2) is 5.03. The van der Waals surface area contributed by atoms with Crippen LogP contribution >= 0.6 is 0 Å². The van der Waals surface area contributed by atoms with Crippen molar-refractivity contribution in [3.63, 3.8) is 0 Å². The Labute approximate surface area is 88.8 Å². The Morgan fingerprint density at radius 2 is 2.00 bits per heavy atom. The topological polar surface area (TPSA) is 12.0 Å². The molecule has 3 heteroatoms. The van der Waals surface area contributed by atoms with Crippen molar-refractivity contribution in [2.24, 2.45) is 0 Å². The van der Waals surface area contributed by atoms with Gasteiger partial charge in [-0.2, -0.15) is 0 Å². The van der Waals surface area contributed by atoms with Gasteiger partial charge in [0.2, 0.25) is 0 Å². The minimum absolute atomic E-state index is 0.0875. The van der Waals surface area contributed by atoms with Crippen LogP contribution in [0.25, 0.3) is 0 Å². The van der Waals surface area contributed by atoms with Crippen LogP contribution in [0, 0.1) is 11.6 Å². The van der Waals surface area contributed by atoms with Gasteiger partial charge in [0.25, 0.3) is 0 Å². The van der Waals surface area contributed by atoms with E-state index >= 15 is 0 Å². The molecule has 0 saturated heterocycles. The van der Waals surface area contributed by atoms with E-state index in [9.17, 15) is 8.78 Å². The molecule has 1 aromatic rings. The predicted octanol–water partition coefficient (Wildman–Crippen LogP) is 3.19. The molecule has 0 fully saturated rings. The van der Waals surface area contributed by atoms with Gasteiger partial charge in [-0.3, -0.25) is 0 Å². The Hall–Kier alpha value is -1.22. The third kappa shape index (κ3) is 3.13. The zero-order valence-electron chi connectivity index (χ0n) is 8.93. The average molecular weight is 211 g/mol. The van der Waals surface area contributed by atoms with E-state index in [1.807, 2.05) is 13.8 Å². The van der Waals surface area contributed by atoms with Crippen molar-refractivity contribution >= 4 is 0 Å². The van der Waals surface area contributed by atoms with Crippen LogP contribution < -0.4 is 5.32 Å². The summed E-state index contributed by atoms with van der Waals surface area (Å²) in [7, 11) is 0. The van der Waals surface area contributed by atoms with Crippen LogP contribution in [0.5, 0.6) is 0 Å². The van der Waals surface area contributed by atoms with Crippen molar-refractivity contribution in [2.45, 2.75) is 25.9 Å². The number of nitrogens with one attached hydrogen (secondary N) is 1. The van der Waals surface area contributed by atoms with Crippen LogP contribution in [0.4, 0.5) is 8.78 Å². The fourth-order valence-corrected chi connectivity index (χ4v) is 1.40. The maximum Gasteiger partial charge on any atom is 0.130 e. The summed E-state index contributed by atoms with van der Waals surface area (Å²) >= 11 is 0. The van der Waals surface area contributed by atoms with Crippen molar-refractivity contribution in [2.75, 3.05) is 0 Å². The highest BCUT2D eigenvalue weighted by Crippen LogP contribution is 2.18. The van der Waals surface area contributed by atoms with E-state index in [0.29, 0.717) is 5.56 Å². The largest absolute Gasteiger partial charge is 0.304 e. The molecule has 0 spiro atoms. The normalized spacial score (nSPS) is 14.7. The Balaban J connectivity index is 2.81. The summed E-state index contributed by atoms with van der Waals surface area (Å²) in [5.41, 5.74) is 0.463. The molecular formula is C12H15F2N. The molecule has 1 rings (SSSR count). The van der Waals surface area contributed by atoms with Gasteiger partial charge in [0, 0.05) is 23.7 Å². The van der Waals surface area contributed by atoms with Crippen molar-refractivity contribution < 1.29 is 8.78 Å². The lowest BCUT2D eigenvalue weighted by Gasteiger charge is -2.18. The third-order valence-electron chi connectivity index (χ3n) is 2.30. The molecule has 1 N–H and O–H groups in total. The number of rotatable bonds is 4. The standard InChI is InChI=1S/C12H15F2N/c1-4-8(2)15-9(3)11-6-5-10(13)7-12(11)14/h4-9,15H,1H2,2-3H3. The molecule has 0 aromatic heterocycles. The molecule has 82 valence electrons. The summed E-state index contributed by atoms with van der Waals surface area (Å²) in [6.45, 7) is 7.38. The van der Waals surface area contributed by atoms with E-state index in [2.05, 4.69) is 11.9 Å². The summed E-state index contributed by atoms with van der Waals surface area (Å²) < 4.78 is 26.0. The molecule has 2 unspecified atom stereocenters. The highest BCUT2D eigenvalue weighted by atomic mass is 19.1. The van der Waals surface area contributed by atoms with E-state index in [-0.39, 0.29) is 12.1 Å². The van der Waals surface area contributed by atoms with Gasteiger partial charge in [-0.05, 0) is 19.9 Å². The second-order valence-electron chi connectivity index (χ2n) is 3.58. The number of benzene rings is 1. The first-order chi connectivity index (χ1) is 7.04. The molecule has 0 aliphatic carbocycles. The van der Waals surface area contributed by atoms with Gasteiger partial charge in [-0.15, -0.1) is 6.58 Å². The van der Waals surface area contributed by atoms with Crippen LogP contribution in [0.2, 0.25) is 0 Å². The Bertz CT molecular complexity index is 349. The maximum absolute atomic E-state index is 13.3. The van der Waals surface area contributed by atoms with Crippen LogP contribution in [0.15, 0.2) is 30.9 Å². The van der Waals surface area contributed by atoms with Crippen LogP contribution in [0.3, 0.4) is 0 Å². The van der Waals surface area contributed by atoms with Crippen molar-refractivity contribution in [3.8, 4) is 0 Å². The molecule has 0 aliphatic rings. The molecule has 1 aromatic carbocycles. The van der Waals surface area contributed by atoms with Gasteiger partial charge in [-0.1, -0.05) is 12.1 Å². The fraction of sp³-hybridized carbons (Fsp3) is 0.333. The minimum atomic E-state index is -0.555. The minimum Gasteiger partial charge on any atom is -0.304 e. The summed E-state index contributed by atoms with van der Waals surface area (Å²) in [6.07, 6.45) is 1.73.